The average Bonchev–Trinajstić information content (AvgIpc) is 2.37. The Bertz CT molecular complexity index is 673. The van der Waals surface area contributed by atoms with Crippen LogP contribution in [0.15, 0.2) is 33.6 Å². The fraction of sp³-hybridized carbons (Fsp3) is 0.385. The molecule has 1 aromatic rings. The molecule has 0 saturated carbocycles. The maximum atomic E-state index is 12.0. The van der Waals surface area contributed by atoms with Gasteiger partial charge in [0.1, 0.15) is 5.54 Å². The molecule has 1 rings (SSSR count). The minimum absolute atomic E-state index is 0.0770. The van der Waals surface area contributed by atoms with E-state index in [0.717, 1.165) is 0 Å². The Balaban J connectivity index is 2.57. The van der Waals surface area contributed by atoms with E-state index in [-0.39, 0.29) is 17.9 Å². The minimum atomic E-state index is -3.71. The van der Waals surface area contributed by atoms with Crippen molar-refractivity contribution >= 4 is 37.8 Å². The number of hydrogen-bond donors (Lipinski definition) is 3. The number of rotatable bonds is 7. The Labute approximate surface area is 137 Å². The maximum absolute atomic E-state index is 12.0. The Hall–Kier alpha value is -1.45. The number of halogens is 1. The van der Waals surface area contributed by atoms with Gasteiger partial charge in [0.2, 0.25) is 15.9 Å². The highest BCUT2D eigenvalue weighted by Crippen LogP contribution is 2.15. The normalized spacial score (nSPS) is 12.0. The van der Waals surface area contributed by atoms with Crippen LogP contribution in [0.5, 0.6) is 0 Å². The molecule has 0 spiro atoms. The van der Waals surface area contributed by atoms with Crippen molar-refractivity contribution in [1.29, 1.82) is 0 Å². The van der Waals surface area contributed by atoms with Gasteiger partial charge in [-0.2, -0.15) is 0 Å². The number of carbonyl (C=O) groups is 2. The molecule has 22 heavy (non-hydrogen) atoms. The van der Waals surface area contributed by atoms with Crippen LogP contribution >= 0.6 is 15.9 Å². The Kier molecular flexibility index (Phi) is 6.09. The molecule has 0 atom stereocenters. The van der Waals surface area contributed by atoms with Crippen molar-refractivity contribution in [2.75, 3.05) is 6.54 Å². The first-order valence-electron chi connectivity index (χ1n) is 6.34. The number of hydrogen-bond acceptors (Lipinski definition) is 4. The van der Waals surface area contributed by atoms with Crippen molar-refractivity contribution in [3.8, 4) is 0 Å². The Morgan fingerprint density at radius 3 is 2.50 bits per heavy atom. The van der Waals surface area contributed by atoms with Gasteiger partial charge in [-0.05, 0) is 32.0 Å². The summed E-state index contributed by atoms with van der Waals surface area (Å²) in [5, 5.41) is 11.2. The van der Waals surface area contributed by atoms with E-state index in [0.29, 0.717) is 4.47 Å². The van der Waals surface area contributed by atoms with Crippen LogP contribution < -0.4 is 10.0 Å². The third kappa shape index (κ3) is 5.39. The zero-order valence-corrected chi connectivity index (χ0v) is 14.5. The second kappa shape index (κ2) is 7.21. The third-order valence-electron chi connectivity index (χ3n) is 2.74. The van der Waals surface area contributed by atoms with E-state index in [1.165, 1.54) is 26.0 Å². The van der Waals surface area contributed by atoms with Crippen molar-refractivity contribution in [1.82, 2.24) is 10.0 Å². The topological polar surface area (TPSA) is 113 Å². The lowest BCUT2D eigenvalue weighted by molar-refractivity contribution is -0.146. The zero-order valence-electron chi connectivity index (χ0n) is 12.1. The van der Waals surface area contributed by atoms with Gasteiger partial charge in [-0.25, -0.2) is 17.9 Å². The smallest absolute Gasteiger partial charge is 0.328 e. The number of amides is 1. The molecule has 0 aromatic heterocycles. The van der Waals surface area contributed by atoms with Gasteiger partial charge in [0.25, 0.3) is 0 Å². The van der Waals surface area contributed by atoms with Gasteiger partial charge >= 0.3 is 5.97 Å². The third-order valence-corrected chi connectivity index (χ3v) is 4.69. The summed E-state index contributed by atoms with van der Waals surface area (Å²) in [6, 6.07) is 6.15. The van der Waals surface area contributed by atoms with Crippen LogP contribution in [0.4, 0.5) is 0 Å². The lowest BCUT2D eigenvalue weighted by Gasteiger charge is -2.20. The number of nitrogens with one attached hydrogen (secondary N) is 2. The molecule has 0 unspecified atom stereocenters. The van der Waals surface area contributed by atoms with E-state index in [9.17, 15) is 18.0 Å². The van der Waals surface area contributed by atoms with E-state index in [2.05, 4.69) is 26.0 Å². The zero-order chi connectivity index (χ0) is 17.0. The van der Waals surface area contributed by atoms with Crippen LogP contribution in [0.25, 0.3) is 0 Å². The fourth-order valence-electron chi connectivity index (χ4n) is 1.48. The number of carboxylic acid groups (broad SMARTS) is 1. The molecule has 0 aliphatic rings. The number of carbonyl (C=O) groups excluding carboxylic acids is 1. The summed E-state index contributed by atoms with van der Waals surface area (Å²) in [5.41, 5.74) is -1.40. The molecule has 0 aliphatic heterocycles. The van der Waals surface area contributed by atoms with Crippen LogP contribution in [0.2, 0.25) is 0 Å². The van der Waals surface area contributed by atoms with Crippen LogP contribution in [0, 0.1) is 0 Å². The van der Waals surface area contributed by atoms with Gasteiger partial charge in [-0.3, -0.25) is 4.79 Å². The molecule has 7 nitrogen and oxygen atoms in total. The molecule has 0 bridgehead atoms. The van der Waals surface area contributed by atoms with E-state index < -0.39 is 27.4 Å². The van der Waals surface area contributed by atoms with Crippen LogP contribution in [-0.4, -0.2) is 37.5 Å². The largest absolute Gasteiger partial charge is 0.480 e. The molecule has 0 heterocycles. The molecule has 122 valence electrons. The molecule has 1 amide bonds. The molecular weight excluding hydrogens is 376 g/mol. The van der Waals surface area contributed by atoms with Crippen LogP contribution in [0.3, 0.4) is 0 Å². The first-order valence-corrected chi connectivity index (χ1v) is 8.62. The van der Waals surface area contributed by atoms with Gasteiger partial charge in [-0.15, -0.1) is 0 Å². The Morgan fingerprint density at radius 2 is 1.95 bits per heavy atom. The fourth-order valence-corrected chi connectivity index (χ4v) is 3.11. The highest BCUT2D eigenvalue weighted by atomic mass is 79.9. The lowest BCUT2D eigenvalue weighted by Crippen LogP contribution is -2.50. The summed E-state index contributed by atoms with van der Waals surface area (Å²) >= 11 is 3.18. The van der Waals surface area contributed by atoms with Crippen LogP contribution in [0.1, 0.15) is 20.3 Å². The predicted octanol–water partition coefficient (Wildman–Crippen LogP) is 1.10. The van der Waals surface area contributed by atoms with E-state index in [1.807, 2.05) is 0 Å². The van der Waals surface area contributed by atoms with Gasteiger partial charge in [0.05, 0.1) is 4.90 Å². The van der Waals surface area contributed by atoms with E-state index >= 15 is 0 Å². The van der Waals surface area contributed by atoms with E-state index in [4.69, 9.17) is 5.11 Å². The maximum Gasteiger partial charge on any atom is 0.328 e. The quantitative estimate of drug-likeness (QED) is 0.642. The standard InChI is InChI=1S/C13H17BrN2O5S/c1-13(2,12(18)19)16-11(17)6-7-15-22(20,21)10-5-3-4-9(14)8-10/h3-5,8,15H,6-7H2,1-2H3,(H,16,17)(H,18,19). The number of carboxylic acids is 1. The summed E-state index contributed by atoms with van der Waals surface area (Å²) in [4.78, 5) is 22.6. The summed E-state index contributed by atoms with van der Waals surface area (Å²) in [6.45, 7) is 2.56. The van der Waals surface area contributed by atoms with Crippen LogP contribution in [-0.2, 0) is 19.6 Å². The lowest BCUT2D eigenvalue weighted by atomic mass is 10.1. The monoisotopic (exact) mass is 392 g/mol. The van der Waals surface area contributed by atoms with Gasteiger partial charge < -0.3 is 10.4 Å². The second-order valence-electron chi connectivity index (χ2n) is 5.08. The summed E-state index contributed by atoms with van der Waals surface area (Å²) in [5.74, 6) is -1.72. The number of benzene rings is 1. The highest BCUT2D eigenvalue weighted by Gasteiger charge is 2.28. The van der Waals surface area contributed by atoms with Gasteiger partial charge in [-0.1, -0.05) is 22.0 Å². The highest BCUT2D eigenvalue weighted by molar-refractivity contribution is 9.10. The first-order chi connectivity index (χ1) is 10.0. The Morgan fingerprint density at radius 1 is 1.32 bits per heavy atom. The summed E-state index contributed by atoms with van der Waals surface area (Å²) in [6.07, 6.45) is -0.163. The molecule has 9 heteroatoms. The molecule has 3 N–H and O–H groups in total. The average molecular weight is 393 g/mol. The number of aliphatic carboxylic acids is 1. The van der Waals surface area contributed by atoms with Crippen molar-refractivity contribution in [3.05, 3.63) is 28.7 Å². The number of sulfonamides is 1. The van der Waals surface area contributed by atoms with Crippen molar-refractivity contribution in [3.63, 3.8) is 0 Å². The second-order valence-corrected chi connectivity index (χ2v) is 7.77. The first kappa shape index (κ1) is 18.6. The van der Waals surface area contributed by atoms with Gasteiger partial charge in [0.15, 0.2) is 0 Å². The molecule has 0 saturated heterocycles. The van der Waals surface area contributed by atoms with Crippen molar-refractivity contribution in [2.45, 2.75) is 30.7 Å². The van der Waals surface area contributed by atoms with Crippen molar-refractivity contribution < 1.29 is 23.1 Å². The molecule has 0 radical (unpaired) electrons. The SMILES string of the molecule is CC(C)(NC(=O)CCNS(=O)(=O)c1cccc(Br)c1)C(=O)O. The summed E-state index contributed by atoms with van der Waals surface area (Å²) in [7, 11) is -3.71. The molecule has 0 aliphatic carbocycles. The minimum Gasteiger partial charge on any atom is -0.480 e. The summed E-state index contributed by atoms with van der Waals surface area (Å²) < 4.78 is 26.9. The van der Waals surface area contributed by atoms with Crippen molar-refractivity contribution in [2.24, 2.45) is 0 Å². The molecule has 0 fully saturated rings. The van der Waals surface area contributed by atoms with E-state index in [1.54, 1.807) is 12.1 Å². The van der Waals surface area contributed by atoms with Gasteiger partial charge in [0, 0.05) is 17.4 Å². The molecular formula is C13H17BrN2O5S. The predicted molar refractivity (Wildman–Crippen MR) is 83.8 cm³/mol. The molecule has 1 aromatic carbocycles.